The van der Waals surface area contributed by atoms with Gasteiger partial charge in [0.1, 0.15) is 0 Å². The summed E-state index contributed by atoms with van der Waals surface area (Å²) in [7, 11) is 0. The lowest BCUT2D eigenvalue weighted by atomic mass is 10.7. The molecule has 0 bridgehead atoms. The number of rotatable bonds is 4. The Morgan fingerprint density at radius 3 is 1.45 bits per heavy atom. The van der Waals surface area contributed by atoms with Crippen LogP contribution in [0.1, 0.15) is 0 Å². The quantitative estimate of drug-likeness (QED) is 0.554. The number of aliphatic hydroxyl groups excluding tert-OH is 2. The van der Waals surface area contributed by atoms with E-state index >= 15 is 0 Å². The highest BCUT2D eigenvalue weighted by atomic mass is 35.6. The maximum atomic E-state index is 8.09. The van der Waals surface area contributed by atoms with Crippen LogP contribution in [0.15, 0.2) is 0 Å². The van der Waals surface area contributed by atoms with Gasteiger partial charge in [-0.3, -0.25) is 0 Å². The molecular weight excluding hydrogens is 214 g/mol. The Hall–Kier alpha value is 0.750. The first-order valence-corrected chi connectivity index (χ1v) is 4.17. The van der Waals surface area contributed by atoms with E-state index in [-0.39, 0.29) is 13.2 Å². The lowest BCUT2D eigenvalue weighted by Crippen LogP contribution is -2.03. The SMILES string of the molecule is ClC(Cl)Cl.OCCOCCO. The van der Waals surface area contributed by atoms with E-state index in [4.69, 9.17) is 45.0 Å². The molecule has 0 unspecified atom stereocenters. The Morgan fingerprint density at radius 2 is 1.27 bits per heavy atom. The number of hydrogen-bond acceptors (Lipinski definition) is 3. The van der Waals surface area contributed by atoms with Gasteiger partial charge in [-0.25, -0.2) is 0 Å². The standard InChI is InChI=1S/C4H10O3.CHCl3/c5-1-3-7-4-2-6;2-1(3)4/h5-6H,1-4H2;1H. The van der Waals surface area contributed by atoms with Crippen LogP contribution in [0.4, 0.5) is 0 Å². The summed E-state index contributed by atoms with van der Waals surface area (Å²) in [4.78, 5) is 0. The Morgan fingerprint density at radius 1 is 1.00 bits per heavy atom. The maximum Gasteiger partial charge on any atom is 0.180 e. The molecule has 70 valence electrons. The molecule has 0 aliphatic heterocycles. The molecule has 11 heavy (non-hydrogen) atoms. The zero-order valence-electron chi connectivity index (χ0n) is 5.84. The van der Waals surface area contributed by atoms with E-state index in [1.807, 2.05) is 0 Å². The van der Waals surface area contributed by atoms with Gasteiger partial charge < -0.3 is 14.9 Å². The zero-order chi connectivity index (χ0) is 9.11. The molecular formula is C5H11Cl3O3. The molecule has 0 aliphatic carbocycles. The van der Waals surface area contributed by atoms with Gasteiger partial charge in [-0.05, 0) is 0 Å². The Bertz CT molecular complexity index is 56.2. The predicted octanol–water partition coefficient (Wildman–Crippen LogP) is 0.974. The third kappa shape index (κ3) is 36.5. The molecule has 0 saturated heterocycles. The summed E-state index contributed by atoms with van der Waals surface area (Å²) in [6.45, 7) is 0.696. The molecule has 0 aliphatic rings. The van der Waals surface area contributed by atoms with E-state index < -0.39 is 4.30 Å². The predicted molar refractivity (Wildman–Crippen MR) is 46.3 cm³/mol. The van der Waals surface area contributed by atoms with Crippen molar-refractivity contribution in [1.82, 2.24) is 0 Å². The van der Waals surface area contributed by atoms with Gasteiger partial charge in [-0.2, -0.15) is 0 Å². The normalized spacial score (nSPS) is 9.27. The molecule has 0 fully saturated rings. The highest BCUT2D eigenvalue weighted by Crippen LogP contribution is 2.03. The van der Waals surface area contributed by atoms with Gasteiger partial charge in [-0.15, -0.1) is 0 Å². The Labute approximate surface area is 80.8 Å². The second kappa shape index (κ2) is 13.3. The fourth-order valence-electron chi connectivity index (χ4n) is 0.231. The van der Waals surface area contributed by atoms with Crippen molar-refractivity contribution in [2.45, 2.75) is 4.30 Å². The molecule has 0 heterocycles. The van der Waals surface area contributed by atoms with Crippen LogP contribution in [0.25, 0.3) is 0 Å². The minimum atomic E-state index is -0.750. The van der Waals surface area contributed by atoms with Gasteiger partial charge in [0.2, 0.25) is 0 Å². The third-order valence-electron chi connectivity index (χ3n) is 0.471. The summed E-state index contributed by atoms with van der Waals surface area (Å²) < 4.78 is 3.88. The number of alkyl halides is 3. The van der Waals surface area contributed by atoms with Crippen LogP contribution in [-0.2, 0) is 4.74 Å². The molecule has 6 heteroatoms. The number of ether oxygens (including phenoxy) is 1. The van der Waals surface area contributed by atoms with Gasteiger partial charge >= 0.3 is 0 Å². The molecule has 0 saturated carbocycles. The van der Waals surface area contributed by atoms with Crippen LogP contribution in [-0.4, -0.2) is 40.9 Å². The van der Waals surface area contributed by atoms with Crippen molar-refractivity contribution in [3.05, 3.63) is 0 Å². The second-order valence-electron chi connectivity index (χ2n) is 1.31. The Kier molecular flexibility index (Phi) is 17.3. The monoisotopic (exact) mass is 224 g/mol. The molecule has 3 nitrogen and oxygen atoms in total. The smallest absolute Gasteiger partial charge is 0.180 e. The first kappa shape index (κ1) is 14.3. The van der Waals surface area contributed by atoms with Gasteiger partial charge in [0.25, 0.3) is 0 Å². The van der Waals surface area contributed by atoms with E-state index in [0.717, 1.165) is 0 Å². The van der Waals surface area contributed by atoms with Gasteiger partial charge in [0.05, 0.1) is 26.4 Å². The largest absolute Gasteiger partial charge is 0.394 e. The average Bonchev–Trinajstić information content (AvgIpc) is 1.88. The van der Waals surface area contributed by atoms with Crippen molar-refractivity contribution >= 4 is 34.8 Å². The maximum absolute atomic E-state index is 8.09. The van der Waals surface area contributed by atoms with Gasteiger partial charge in [0.15, 0.2) is 4.30 Å². The van der Waals surface area contributed by atoms with Crippen LogP contribution < -0.4 is 0 Å². The Balaban J connectivity index is 0. The third-order valence-corrected chi connectivity index (χ3v) is 0.471. The fraction of sp³-hybridized carbons (Fsp3) is 1.00. The molecule has 0 spiro atoms. The van der Waals surface area contributed by atoms with Crippen LogP contribution >= 0.6 is 34.8 Å². The molecule has 0 atom stereocenters. The summed E-state index contributed by atoms with van der Waals surface area (Å²) in [5.41, 5.74) is 0. The molecule has 0 amide bonds. The summed E-state index contributed by atoms with van der Waals surface area (Å²) in [5, 5.41) is 16.2. The highest BCUT2D eigenvalue weighted by molar-refractivity contribution is 6.63. The van der Waals surface area contributed by atoms with E-state index in [2.05, 4.69) is 4.74 Å². The van der Waals surface area contributed by atoms with Crippen LogP contribution in [0.5, 0.6) is 0 Å². The van der Waals surface area contributed by atoms with E-state index in [0.29, 0.717) is 13.2 Å². The second-order valence-corrected chi connectivity index (χ2v) is 3.29. The molecule has 2 N–H and O–H groups in total. The van der Waals surface area contributed by atoms with Crippen molar-refractivity contribution in [2.24, 2.45) is 0 Å². The number of halogens is 3. The molecule has 0 aromatic heterocycles. The van der Waals surface area contributed by atoms with Crippen molar-refractivity contribution in [3.8, 4) is 0 Å². The van der Waals surface area contributed by atoms with Crippen molar-refractivity contribution in [3.63, 3.8) is 0 Å². The van der Waals surface area contributed by atoms with E-state index in [1.54, 1.807) is 0 Å². The van der Waals surface area contributed by atoms with Crippen molar-refractivity contribution < 1.29 is 14.9 Å². The topological polar surface area (TPSA) is 49.7 Å². The average molecular weight is 225 g/mol. The lowest BCUT2D eigenvalue weighted by Gasteiger charge is -1.94. The van der Waals surface area contributed by atoms with Crippen molar-refractivity contribution in [1.29, 1.82) is 0 Å². The summed E-state index contributed by atoms with van der Waals surface area (Å²) in [6.07, 6.45) is 0. The van der Waals surface area contributed by atoms with Gasteiger partial charge in [0, 0.05) is 0 Å². The minimum absolute atomic E-state index is 0.0278. The van der Waals surface area contributed by atoms with E-state index in [9.17, 15) is 0 Å². The molecule has 0 radical (unpaired) electrons. The summed E-state index contributed by atoms with van der Waals surface area (Å²) >= 11 is 14.4. The first-order valence-electron chi connectivity index (χ1n) is 2.86. The molecule has 0 rings (SSSR count). The van der Waals surface area contributed by atoms with Crippen LogP contribution in [0, 0.1) is 0 Å². The van der Waals surface area contributed by atoms with Crippen LogP contribution in [0.2, 0.25) is 0 Å². The van der Waals surface area contributed by atoms with Crippen molar-refractivity contribution in [2.75, 3.05) is 26.4 Å². The number of hydrogen-bond donors (Lipinski definition) is 2. The summed E-state index contributed by atoms with van der Waals surface area (Å²) in [6, 6.07) is 0. The van der Waals surface area contributed by atoms with Gasteiger partial charge in [-0.1, -0.05) is 34.8 Å². The summed E-state index contributed by atoms with van der Waals surface area (Å²) in [5.74, 6) is 0. The molecule has 0 aromatic carbocycles. The van der Waals surface area contributed by atoms with E-state index in [1.165, 1.54) is 0 Å². The van der Waals surface area contributed by atoms with Crippen LogP contribution in [0.3, 0.4) is 0 Å². The minimum Gasteiger partial charge on any atom is -0.394 e. The first-order chi connectivity index (χ1) is 5.15. The lowest BCUT2D eigenvalue weighted by molar-refractivity contribution is 0.0650. The highest BCUT2D eigenvalue weighted by Gasteiger charge is 1.79. The number of aliphatic hydroxyl groups is 2. The molecule has 0 aromatic rings. The fourth-order valence-corrected chi connectivity index (χ4v) is 0.231. The zero-order valence-corrected chi connectivity index (χ0v) is 8.11.